The van der Waals surface area contributed by atoms with Crippen LogP contribution < -0.4 is 4.90 Å². The number of carbonyl (C=O) groups excluding carboxylic acids is 2. The highest BCUT2D eigenvalue weighted by atomic mass is 32.2. The molecule has 3 rings (SSSR count). The van der Waals surface area contributed by atoms with Crippen molar-refractivity contribution >= 4 is 28.3 Å². The van der Waals surface area contributed by atoms with Crippen LogP contribution in [0.15, 0.2) is 18.2 Å². The highest BCUT2D eigenvalue weighted by Crippen LogP contribution is 2.28. The van der Waals surface area contributed by atoms with Gasteiger partial charge in [-0.3, -0.25) is 13.8 Å². The number of anilines is 1. The van der Waals surface area contributed by atoms with E-state index in [1.807, 2.05) is 32.0 Å². The zero-order valence-corrected chi connectivity index (χ0v) is 15.1. The van der Waals surface area contributed by atoms with Crippen LogP contribution in [0, 0.1) is 12.8 Å². The lowest BCUT2D eigenvalue weighted by Crippen LogP contribution is -2.37. The maximum atomic E-state index is 13.1. The lowest BCUT2D eigenvalue weighted by molar-refractivity contribution is -0.117. The van der Waals surface area contributed by atoms with Crippen molar-refractivity contribution in [3.8, 4) is 0 Å². The molecule has 0 spiro atoms. The van der Waals surface area contributed by atoms with E-state index in [0.29, 0.717) is 48.8 Å². The van der Waals surface area contributed by atoms with Crippen LogP contribution >= 0.6 is 0 Å². The maximum Gasteiger partial charge on any atom is 0.256 e. The average Bonchev–Trinajstić information content (AvgIpc) is 2.88. The van der Waals surface area contributed by atoms with Gasteiger partial charge in [0.15, 0.2) is 0 Å². The van der Waals surface area contributed by atoms with Crippen molar-refractivity contribution in [2.24, 2.45) is 5.92 Å². The van der Waals surface area contributed by atoms with Crippen LogP contribution in [-0.4, -0.2) is 52.1 Å². The van der Waals surface area contributed by atoms with Crippen LogP contribution in [0.5, 0.6) is 0 Å². The summed E-state index contributed by atoms with van der Waals surface area (Å²) in [5, 5.41) is 0. The van der Waals surface area contributed by atoms with E-state index in [4.69, 9.17) is 0 Å². The summed E-state index contributed by atoms with van der Waals surface area (Å²) in [6.07, 6.45) is 1.38. The summed E-state index contributed by atoms with van der Waals surface area (Å²) in [4.78, 5) is 28.8. The number of carbonyl (C=O) groups is 2. The van der Waals surface area contributed by atoms with E-state index in [0.717, 1.165) is 12.0 Å². The SMILES string of the molecule is Cc1ccc(N2CCCC2=O)c(C(=O)N2CCS(=O)CC(C)C2)c1. The molecule has 2 aliphatic rings. The van der Waals surface area contributed by atoms with Gasteiger partial charge in [0.25, 0.3) is 5.91 Å². The molecule has 1 aromatic rings. The third-order valence-electron chi connectivity index (χ3n) is 4.63. The fourth-order valence-corrected chi connectivity index (χ4v) is 4.78. The molecule has 2 saturated heterocycles. The molecule has 2 atom stereocenters. The van der Waals surface area contributed by atoms with Crippen LogP contribution in [0.3, 0.4) is 0 Å². The van der Waals surface area contributed by atoms with E-state index < -0.39 is 10.8 Å². The molecule has 0 radical (unpaired) electrons. The van der Waals surface area contributed by atoms with Gasteiger partial charge >= 0.3 is 0 Å². The molecular formula is C18H24N2O3S. The Morgan fingerprint density at radius 1 is 1.29 bits per heavy atom. The van der Waals surface area contributed by atoms with Crippen molar-refractivity contribution in [3.05, 3.63) is 29.3 Å². The zero-order chi connectivity index (χ0) is 17.3. The zero-order valence-electron chi connectivity index (χ0n) is 14.3. The average molecular weight is 348 g/mol. The summed E-state index contributed by atoms with van der Waals surface area (Å²) < 4.78 is 11.9. The first-order chi connectivity index (χ1) is 11.5. The van der Waals surface area contributed by atoms with Crippen molar-refractivity contribution in [2.45, 2.75) is 26.7 Å². The number of aryl methyl sites for hydroxylation is 1. The molecule has 0 N–H and O–H groups in total. The van der Waals surface area contributed by atoms with E-state index in [1.165, 1.54) is 0 Å². The second kappa shape index (κ2) is 7.05. The third-order valence-corrected chi connectivity index (χ3v) is 6.20. The Balaban J connectivity index is 1.92. The van der Waals surface area contributed by atoms with Crippen molar-refractivity contribution in [1.29, 1.82) is 0 Å². The minimum absolute atomic E-state index is 0.0563. The van der Waals surface area contributed by atoms with Gasteiger partial charge in [-0.1, -0.05) is 18.6 Å². The first-order valence-corrected chi connectivity index (χ1v) is 10.00. The molecule has 24 heavy (non-hydrogen) atoms. The molecule has 1 aromatic carbocycles. The standard InChI is InChI=1S/C18H24N2O3S/c1-13-5-6-16(20-7-3-4-17(20)21)15(10-13)18(22)19-8-9-24(23)12-14(2)11-19/h5-6,10,14H,3-4,7-9,11-12H2,1-2H3. The quantitative estimate of drug-likeness (QED) is 0.821. The van der Waals surface area contributed by atoms with Gasteiger partial charge in [-0.2, -0.15) is 0 Å². The number of benzene rings is 1. The molecule has 2 fully saturated rings. The third kappa shape index (κ3) is 3.53. The second-order valence-electron chi connectivity index (χ2n) is 6.84. The van der Waals surface area contributed by atoms with Crippen LogP contribution in [0.25, 0.3) is 0 Å². The molecular weight excluding hydrogens is 324 g/mol. The summed E-state index contributed by atoms with van der Waals surface area (Å²) in [5.41, 5.74) is 2.30. The molecule has 0 aliphatic carbocycles. The normalized spacial score (nSPS) is 25.0. The Kier molecular flexibility index (Phi) is 5.04. The molecule has 2 heterocycles. The maximum absolute atomic E-state index is 13.1. The lowest BCUT2D eigenvalue weighted by atomic mass is 10.1. The number of hydrogen-bond acceptors (Lipinski definition) is 3. The van der Waals surface area contributed by atoms with Gasteiger partial charge in [0.1, 0.15) is 0 Å². The molecule has 130 valence electrons. The second-order valence-corrected chi connectivity index (χ2v) is 8.46. The van der Waals surface area contributed by atoms with Crippen molar-refractivity contribution in [2.75, 3.05) is 36.0 Å². The Morgan fingerprint density at radius 2 is 2.08 bits per heavy atom. The monoisotopic (exact) mass is 348 g/mol. The minimum Gasteiger partial charge on any atom is -0.337 e. The predicted molar refractivity (Wildman–Crippen MR) is 95.7 cm³/mol. The summed E-state index contributed by atoms with van der Waals surface area (Å²) >= 11 is 0. The fourth-order valence-electron chi connectivity index (χ4n) is 3.45. The predicted octanol–water partition coefficient (Wildman–Crippen LogP) is 1.96. The van der Waals surface area contributed by atoms with Gasteiger partial charge in [-0.15, -0.1) is 0 Å². The molecule has 2 amide bonds. The fraction of sp³-hybridized carbons (Fsp3) is 0.556. The summed E-state index contributed by atoms with van der Waals surface area (Å²) in [6.45, 7) is 5.78. The van der Waals surface area contributed by atoms with Gasteiger partial charge in [0, 0.05) is 48.4 Å². The van der Waals surface area contributed by atoms with Gasteiger partial charge in [0.05, 0.1) is 11.3 Å². The minimum atomic E-state index is -0.857. The summed E-state index contributed by atoms with van der Waals surface area (Å²) in [7, 11) is -0.857. The molecule has 0 bridgehead atoms. The van der Waals surface area contributed by atoms with Crippen LogP contribution in [0.2, 0.25) is 0 Å². The molecule has 2 aliphatic heterocycles. The van der Waals surface area contributed by atoms with Crippen LogP contribution in [-0.2, 0) is 15.6 Å². The Bertz CT molecular complexity index is 689. The summed E-state index contributed by atoms with van der Waals surface area (Å²) in [5.74, 6) is 1.42. The smallest absolute Gasteiger partial charge is 0.256 e. The van der Waals surface area contributed by atoms with Crippen LogP contribution in [0.4, 0.5) is 5.69 Å². The molecule has 2 unspecified atom stereocenters. The number of rotatable bonds is 2. The first kappa shape index (κ1) is 17.1. The molecule has 0 aromatic heterocycles. The first-order valence-electron chi connectivity index (χ1n) is 8.51. The van der Waals surface area contributed by atoms with Gasteiger partial charge in [0.2, 0.25) is 5.91 Å². The highest BCUT2D eigenvalue weighted by molar-refractivity contribution is 7.85. The van der Waals surface area contributed by atoms with Gasteiger partial charge in [-0.25, -0.2) is 0 Å². The topological polar surface area (TPSA) is 57.7 Å². The molecule has 0 saturated carbocycles. The summed E-state index contributed by atoms with van der Waals surface area (Å²) in [6, 6.07) is 5.69. The van der Waals surface area contributed by atoms with E-state index in [1.54, 1.807) is 9.80 Å². The highest BCUT2D eigenvalue weighted by Gasteiger charge is 2.29. The van der Waals surface area contributed by atoms with Crippen molar-refractivity contribution in [1.82, 2.24) is 4.90 Å². The van der Waals surface area contributed by atoms with E-state index in [9.17, 15) is 13.8 Å². The number of hydrogen-bond donors (Lipinski definition) is 0. The van der Waals surface area contributed by atoms with Gasteiger partial charge < -0.3 is 9.80 Å². The van der Waals surface area contributed by atoms with Crippen molar-refractivity contribution in [3.63, 3.8) is 0 Å². The Labute approximate surface area is 145 Å². The Hall–Kier alpha value is -1.69. The Morgan fingerprint density at radius 3 is 2.79 bits per heavy atom. The van der Waals surface area contributed by atoms with E-state index >= 15 is 0 Å². The van der Waals surface area contributed by atoms with E-state index in [2.05, 4.69) is 0 Å². The number of nitrogens with zero attached hydrogens (tertiary/aromatic N) is 2. The number of amides is 2. The van der Waals surface area contributed by atoms with Crippen LogP contribution in [0.1, 0.15) is 35.7 Å². The molecule has 6 heteroatoms. The molecule has 5 nitrogen and oxygen atoms in total. The van der Waals surface area contributed by atoms with E-state index in [-0.39, 0.29) is 17.7 Å². The largest absolute Gasteiger partial charge is 0.337 e. The lowest BCUT2D eigenvalue weighted by Gasteiger charge is -2.26. The van der Waals surface area contributed by atoms with Gasteiger partial charge in [-0.05, 0) is 31.4 Å². The van der Waals surface area contributed by atoms with Crippen molar-refractivity contribution < 1.29 is 13.8 Å².